The zero-order valence-electron chi connectivity index (χ0n) is 11.1. The van der Waals surface area contributed by atoms with E-state index < -0.39 is 0 Å². The lowest BCUT2D eigenvalue weighted by atomic mass is 9.93. The van der Waals surface area contributed by atoms with Gasteiger partial charge in [0.1, 0.15) is 0 Å². The molecule has 1 unspecified atom stereocenters. The van der Waals surface area contributed by atoms with Gasteiger partial charge in [-0.25, -0.2) is 4.39 Å². The van der Waals surface area contributed by atoms with Gasteiger partial charge in [0.15, 0.2) is 11.6 Å². The van der Waals surface area contributed by atoms with E-state index in [0.29, 0.717) is 12.4 Å². The number of nitrogens with two attached hydrogens (primary N) is 1. The van der Waals surface area contributed by atoms with Crippen LogP contribution in [0.1, 0.15) is 45.7 Å². The summed E-state index contributed by atoms with van der Waals surface area (Å²) in [6.45, 7) is 8.75. The van der Waals surface area contributed by atoms with E-state index in [1.165, 1.54) is 6.07 Å². The number of benzene rings is 1. The first kappa shape index (κ1) is 14.0. The van der Waals surface area contributed by atoms with E-state index in [4.69, 9.17) is 10.5 Å². The van der Waals surface area contributed by atoms with Crippen LogP contribution < -0.4 is 10.5 Å². The van der Waals surface area contributed by atoms with Crippen molar-refractivity contribution in [1.82, 2.24) is 0 Å². The molecule has 0 aromatic heterocycles. The van der Waals surface area contributed by atoms with Gasteiger partial charge >= 0.3 is 0 Å². The van der Waals surface area contributed by atoms with Crippen molar-refractivity contribution >= 4 is 0 Å². The lowest BCUT2D eigenvalue weighted by Gasteiger charge is -2.18. The fourth-order valence-electron chi connectivity index (χ4n) is 1.38. The Kier molecular flexibility index (Phi) is 4.52. The molecule has 1 aromatic rings. The minimum atomic E-state index is -0.339. The van der Waals surface area contributed by atoms with Gasteiger partial charge in [0.2, 0.25) is 0 Å². The van der Waals surface area contributed by atoms with Crippen molar-refractivity contribution in [3.63, 3.8) is 0 Å². The molecule has 0 heterocycles. The first-order valence-corrected chi connectivity index (χ1v) is 5.97. The first-order valence-electron chi connectivity index (χ1n) is 5.97. The van der Waals surface area contributed by atoms with Gasteiger partial charge in [-0.15, -0.1) is 0 Å². The Labute approximate surface area is 103 Å². The van der Waals surface area contributed by atoms with Crippen LogP contribution in [-0.2, 0) is 0 Å². The molecule has 1 atom stereocenters. The van der Waals surface area contributed by atoms with E-state index in [0.717, 1.165) is 12.0 Å². The van der Waals surface area contributed by atoms with Crippen molar-refractivity contribution in [3.8, 4) is 5.75 Å². The number of hydrogen-bond donors (Lipinski definition) is 1. The van der Waals surface area contributed by atoms with Crippen LogP contribution in [0.2, 0.25) is 0 Å². The molecule has 1 rings (SSSR count). The monoisotopic (exact) mass is 239 g/mol. The van der Waals surface area contributed by atoms with Gasteiger partial charge in [-0.2, -0.15) is 0 Å². The number of rotatable bonds is 4. The Hall–Kier alpha value is -1.09. The predicted molar refractivity (Wildman–Crippen MR) is 68.6 cm³/mol. The van der Waals surface area contributed by atoms with E-state index in [9.17, 15) is 4.39 Å². The van der Waals surface area contributed by atoms with E-state index in [-0.39, 0.29) is 17.3 Å². The third-order valence-electron chi connectivity index (χ3n) is 2.59. The molecule has 96 valence electrons. The van der Waals surface area contributed by atoms with Crippen LogP contribution in [0.5, 0.6) is 5.75 Å². The van der Waals surface area contributed by atoms with Gasteiger partial charge in [0.25, 0.3) is 0 Å². The van der Waals surface area contributed by atoms with Crippen LogP contribution in [0.15, 0.2) is 18.2 Å². The third-order valence-corrected chi connectivity index (χ3v) is 2.59. The molecular formula is C14H22FNO. The zero-order valence-corrected chi connectivity index (χ0v) is 11.1. The summed E-state index contributed by atoms with van der Waals surface area (Å²) < 4.78 is 19.1. The van der Waals surface area contributed by atoms with Crippen LogP contribution in [0, 0.1) is 11.2 Å². The fraction of sp³-hybridized carbons (Fsp3) is 0.571. The normalized spacial score (nSPS) is 13.5. The standard InChI is InChI=1S/C14H22FNO/c1-10(16)11-5-6-13(12(15)9-11)17-8-7-14(2,3)4/h5-6,9-10H,7-8,16H2,1-4H3. The predicted octanol–water partition coefficient (Wildman–Crippen LogP) is 3.66. The van der Waals surface area contributed by atoms with Crippen LogP contribution in [0.25, 0.3) is 0 Å². The molecule has 0 saturated carbocycles. The molecule has 0 aliphatic rings. The van der Waals surface area contributed by atoms with Gasteiger partial charge in [-0.1, -0.05) is 26.8 Å². The smallest absolute Gasteiger partial charge is 0.165 e. The Bertz CT molecular complexity index is 369. The highest BCUT2D eigenvalue weighted by Gasteiger charge is 2.12. The summed E-state index contributed by atoms with van der Waals surface area (Å²) >= 11 is 0. The van der Waals surface area contributed by atoms with Crippen molar-refractivity contribution in [2.45, 2.75) is 40.2 Å². The van der Waals surface area contributed by atoms with Crippen molar-refractivity contribution in [2.24, 2.45) is 11.1 Å². The van der Waals surface area contributed by atoms with Crippen molar-refractivity contribution in [2.75, 3.05) is 6.61 Å². The van der Waals surface area contributed by atoms with Gasteiger partial charge < -0.3 is 10.5 Å². The van der Waals surface area contributed by atoms with Crippen LogP contribution in [-0.4, -0.2) is 6.61 Å². The molecule has 0 spiro atoms. The van der Waals surface area contributed by atoms with Crippen LogP contribution in [0.3, 0.4) is 0 Å². The highest BCUT2D eigenvalue weighted by Crippen LogP contribution is 2.23. The second-order valence-corrected chi connectivity index (χ2v) is 5.64. The van der Waals surface area contributed by atoms with Crippen LogP contribution >= 0.6 is 0 Å². The van der Waals surface area contributed by atoms with Gasteiger partial charge in [-0.3, -0.25) is 0 Å². The number of ether oxygens (including phenoxy) is 1. The molecule has 0 bridgehead atoms. The summed E-state index contributed by atoms with van der Waals surface area (Å²) in [5.74, 6) is -0.0349. The number of halogens is 1. The molecule has 2 N–H and O–H groups in total. The van der Waals surface area contributed by atoms with E-state index in [1.807, 2.05) is 6.92 Å². The summed E-state index contributed by atoms with van der Waals surface area (Å²) in [7, 11) is 0. The van der Waals surface area contributed by atoms with Crippen molar-refractivity contribution in [3.05, 3.63) is 29.6 Å². The molecule has 0 saturated heterocycles. The second-order valence-electron chi connectivity index (χ2n) is 5.64. The quantitative estimate of drug-likeness (QED) is 0.870. The van der Waals surface area contributed by atoms with Crippen molar-refractivity contribution < 1.29 is 9.13 Å². The zero-order chi connectivity index (χ0) is 13.1. The highest BCUT2D eigenvalue weighted by atomic mass is 19.1. The summed E-state index contributed by atoms with van der Waals surface area (Å²) in [5.41, 5.74) is 6.66. The second kappa shape index (κ2) is 5.50. The fourth-order valence-corrected chi connectivity index (χ4v) is 1.38. The molecule has 0 aliphatic heterocycles. The van der Waals surface area contributed by atoms with Crippen molar-refractivity contribution in [1.29, 1.82) is 0 Å². The maximum absolute atomic E-state index is 13.6. The van der Waals surface area contributed by atoms with Gasteiger partial charge in [-0.05, 0) is 36.5 Å². The SMILES string of the molecule is CC(N)c1ccc(OCCC(C)(C)C)c(F)c1. The van der Waals surface area contributed by atoms with E-state index >= 15 is 0 Å². The largest absolute Gasteiger partial charge is 0.490 e. The Morgan fingerprint density at radius 1 is 1.35 bits per heavy atom. The van der Waals surface area contributed by atoms with E-state index in [1.54, 1.807) is 12.1 Å². The minimum absolute atomic E-state index is 0.159. The lowest BCUT2D eigenvalue weighted by molar-refractivity contribution is 0.235. The Morgan fingerprint density at radius 2 is 2.00 bits per heavy atom. The average molecular weight is 239 g/mol. The molecule has 0 amide bonds. The maximum Gasteiger partial charge on any atom is 0.165 e. The topological polar surface area (TPSA) is 35.2 Å². The van der Waals surface area contributed by atoms with Gasteiger partial charge in [0.05, 0.1) is 6.61 Å². The average Bonchev–Trinajstić information content (AvgIpc) is 2.18. The summed E-state index contributed by atoms with van der Waals surface area (Å²) in [6, 6.07) is 4.74. The molecule has 1 aromatic carbocycles. The molecule has 17 heavy (non-hydrogen) atoms. The van der Waals surface area contributed by atoms with Crippen LogP contribution in [0.4, 0.5) is 4.39 Å². The molecule has 0 radical (unpaired) electrons. The first-order chi connectivity index (χ1) is 7.79. The third kappa shape index (κ3) is 4.73. The molecule has 2 nitrogen and oxygen atoms in total. The molecule has 3 heteroatoms. The number of hydrogen-bond acceptors (Lipinski definition) is 2. The maximum atomic E-state index is 13.6. The molecule has 0 aliphatic carbocycles. The molecule has 0 fully saturated rings. The summed E-state index contributed by atoms with van der Waals surface area (Å²) in [4.78, 5) is 0. The summed E-state index contributed by atoms with van der Waals surface area (Å²) in [6.07, 6.45) is 0.890. The van der Waals surface area contributed by atoms with E-state index in [2.05, 4.69) is 20.8 Å². The molecular weight excluding hydrogens is 217 g/mol. The highest BCUT2D eigenvalue weighted by molar-refractivity contribution is 5.30. The van der Waals surface area contributed by atoms with Gasteiger partial charge in [0, 0.05) is 6.04 Å². The lowest BCUT2D eigenvalue weighted by Crippen LogP contribution is -2.12. The Morgan fingerprint density at radius 3 is 2.47 bits per heavy atom. The summed E-state index contributed by atoms with van der Waals surface area (Å²) in [5, 5.41) is 0. The minimum Gasteiger partial charge on any atom is -0.490 e. The Balaban J connectivity index is 2.61.